The van der Waals surface area contributed by atoms with Crippen LogP contribution in [0.3, 0.4) is 0 Å². The maximum Gasteiger partial charge on any atom is 0.325 e. The third-order valence-electron chi connectivity index (χ3n) is 5.33. The summed E-state index contributed by atoms with van der Waals surface area (Å²) in [5.74, 6) is 0.117. The molecular weight excluding hydrogens is 386 g/mol. The van der Waals surface area contributed by atoms with Crippen LogP contribution in [-0.4, -0.2) is 50.6 Å². The average molecular weight is 411 g/mol. The highest BCUT2D eigenvalue weighted by Crippen LogP contribution is 2.32. The molecule has 1 atom stereocenters. The molecule has 1 heterocycles. The number of nitrogens with zero attached hydrogens (tertiary/aromatic N) is 2. The first-order valence-corrected chi connectivity index (χ1v) is 9.41. The molecule has 0 bridgehead atoms. The van der Waals surface area contributed by atoms with E-state index < -0.39 is 23.4 Å². The highest BCUT2D eigenvalue weighted by atomic mass is 16.5. The molecule has 4 amide bonds. The van der Waals surface area contributed by atoms with Gasteiger partial charge in [-0.05, 0) is 31.5 Å². The van der Waals surface area contributed by atoms with Crippen LogP contribution in [-0.2, 0) is 15.1 Å². The van der Waals surface area contributed by atoms with Crippen LogP contribution in [0.1, 0.15) is 18.1 Å². The lowest BCUT2D eigenvalue weighted by Crippen LogP contribution is -2.43. The Balaban J connectivity index is 1.78. The third kappa shape index (κ3) is 3.68. The SMILES string of the molecule is COc1ccc(N(C)C(=O)CN2C(=O)NC(C)(c3ccc(C)cc3)C2=O)cc1OC. The Bertz CT molecular complexity index is 989. The Hall–Kier alpha value is -3.55. The lowest BCUT2D eigenvalue weighted by atomic mass is 9.91. The first kappa shape index (κ1) is 21.2. The van der Waals surface area contributed by atoms with Crippen molar-refractivity contribution in [2.24, 2.45) is 0 Å². The van der Waals surface area contributed by atoms with E-state index in [0.717, 1.165) is 10.5 Å². The van der Waals surface area contributed by atoms with Crippen molar-refractivity contribution in [1.29, 1.82) is 0 Å². The van der Waals surface area contributed by atoms with Gasteiger partial charge in [-0.3, -0.25) is 14.5 Å². The largest absolute Gasteiger partial charge is 0.493 e. The fourth-order valence-corrected chi connectivity index (χ4v) is 3.34. The molecule has 0 spiro atoms. The van der Waals surface area contributed by atoms with Crippen LogP contribution in [0.25, 0.3) is 0 Å². The topological polar surface area (TPSA) is 88.2 Å². The van der Waals surface area contributed by atoms with Crippen LogP contribution < -0.4 is 19.7 Å². The van der Waals surface area contributed by atoms with E-state index in [1.807, 2.05) is 19.1 Å². The maximum absolute atomic E-state index is 13.0. The van der Waals surface area contributed by atoms with Crippen molar-refractivity contribution in [3.8, 4) is 11.5 Å². The Morgan fingerprint density at radius 3 is 2.30 bits per heavy atom. The number of urea groups is 1. The molecule has 0 radical (unpaired) electrons. The number of hydrogen-bond donors (Lipinski definition) is 1. The van der Waals surface area contributed by atoms with Crippen molar-refractivity contribution < 1.29 is 23.9 Å². The lowest BCUT2D eigenvalue weighted by molar-refractivity contribution is -0.134. The standard InChI is InChI=1S/C22H25N3O5/c1-14-6-8-15(9-7-14)22(2)20(27)25(21(28)23-22)13-19(26)24(3)16-10-11-17(29-4)18(12-16)30-5/h6-12H,13H2,1-5H3,(H,23,28). The van der Waals surface area contributed by atoms with Gasteiger partial charge in [0.1, 0.15) is 12.1 Å². The molecule has 8 heteroatoms. The highest BCUT2D eigenvalue weighted by molar-refractivity contribution is 6.10. The second kappa shape index (κ2) is 8.06. The van der Waals surface area contributed by atoms with E-state index in [2.05, 4.69) is 5.32 Å². The smallest absolute Gasteiger partial charge is 0.325 e. The first-order valence-electron chi connectivity index (χ1n) is 9.41. The van der Waals surface area contributed by atoms with Gasteiger partial charge in [-0.1, -0.05) is 29.8 Å². The molecule has 1 unspecified atom stereocenters. The molecule has 1 aliphatic rings. The summed E-state index contributed by atoms with van der Waals surface area (Å²) in [5, 5.41) is 2.71. The predicted octanol–water partition coefficient (Wildman–Crippen LogP) is 2.44. The zero-order valence-corrected chi connectivity index (χ0v) is 17.7. The van der Waals surface area contributed by atoms with Gasteiger partial charge in [0.25, 0.3) is 5.91 Å². The molecule has 158 valence electrons. The highest BCUT2D eigenvalue weighted by Gasteiger charge is 2.49. The number of anilines is 1. The molecule has 0 saturated carbocycles. The fraction of sp³-hybridized carbons (Fsp3) is 0.318. The molecule has 0 aliphatic carbocycles. The number of aryl methyl sites for hydroxylation is 1. The lowest BCUT2D eigenvalue weighted by Gasteiger charge is -2.23. The van der Waals surface area contributed by atoms with Crippen molar-refractivity contribution in [2.45, 2.75) is 19.4 Å². The molecule has 1 saturated heterocycles. The van der Waals surface area contributed by atoms with Gasteiger partial charge < -0.3 is 19.7 Å². The van der Waals surface area contributed by atoms with Crippen LogP contribution in [0.4, 0.5) is 10.5 Å². The van der Waals surface area contributed by atoms with E-state index in [4.69, 9.17) is 9.47 Å². The zero-order chi connectivity index (χ0) is 22.1. The molecule has 8 nitrogen and oxygen atoms in total. The summed E-state index contributed by atoms with van der Waals surface area (Å²) in [6.45, 7) is 3.20. The quantitative estimate of drug-likeness (QED) is 0.738. The van der Waals surface area contributed by atoms with Crippen molar-refractivity contribution in [3.05, 3.63) is 53.6 Å². The van der Waals surface area contributed by atoms with Gasteiger partial charge >= 0.3 is 6.03 Å². The van der Waals surface area contributed by atoms with Crippen LogP contribution in [0.5, 0.6) is 11.5 Å². The maximum atomic E-state index is 13.0. The number of hydrogen-bond acceptors (Lipinski definition) is 5. The summed E-state index contributed by atoms with van der Waals surface area (Å²) in [6, 6.07) is 11.8. The van der Waals surface area contributed by atoms with Gasteiger partial charge in [0.15, 0.2) is 11.5 Å². The second-order valence-corrected chi connectivity index (χ2v) is 7.30. The summed E-state index contributed by atoms with van der Waals surface area (Å²) < 4.78 is 10.5. The molecule has 1 aliphatic heterocycles. The molecule has 2 aromatic rings. The number of ether oxygens (including phenoxy) is 2. The molecular formula is C22H25N3O5. The van der Waals surface area contributed by atoms with Gasteiger partial charge in [-0.25, -0.2) is 4.79 Å². The monoisotopic (exact) mass is 411 g/mol. The minimum atomic E-state index is -1.22. The van der Waals surface area contributed by atoms with Crippen LogP contribution >= 0.6 is 0 Å². The van der Waals surface area contributed by atoms with E-state index in [1.165, 1.54) is 19.1 Å². The molecule has 2 aromatic carbocycles. The zero-order valence-electron chi connectivity index (χ0n) is 17.7. The van der Waals surface area contributed by atoms with Gasteiger partial charge in [-0.2, -0.15) is 0 Å². The Morgan fingerprint density at radius 1 is 1.07 bits per heavy atom. The number of benzene rings is 2. The number of carbonyl (C=O) groups excluding carboxylic acids is 3. The van der Waals surface area contributed by atoms with Crippen molar-refractivity contribution >= 4 is 23.5 Å². The van der Waals surface area contributed by atoms with Gasteiger partial charge in [-0.15, -0.1) is 0 Å². The third-order valence-corrected chi connectivity index (χ3v) is 5.33. The van der Waals surface area contributed by atoms with E-state index in [-0.39, 0.29) is 6.54 Å². The number of imide groups is 1. The predicted molar refractivity (Wildman–Crippen MR) is 112 cm³/mol. The number of likely N-dealkylation sites (N-methyl/N-ethyl adjacent to an activating group) is 1. The summed E-state index contributed by atoms with van der Waals surface area (Å²) in [7, 11) is 4.60. The van der Waals surface area contributed by atoms with Crippen LogP contribution in [0.2, 0.25) is 0 Å². The van der Waals surface area contributed by atoms with Crippen LogP contribution in [0.15, 0.2) is 42.5 Å². The summed E-state index contributed by atoms with van der Waals surface area (Å²) in [5.41, 5.74) is 1.04. The van der Waals surface area contributed by atoms with Crippen molar-refractivity contribution in [1.82, 2.24) is 10.2 Å². The number of rotatable bonds is 6. The first-order chi connectivity index (χ1) is 14.2. The number of methoxy groups -OCH3 is 2. The molecule has 0 aromatic heterocycles. The molecule has 1 N–H and O–H groups in total. The fourth-order valence-electron chi connectivity index (χ4n) is 3.34. The second-order valence-electron chi connectivity index (χ2n) is 7.30. The Morgan fingerprint density at radius 2 is 1.70 bits per heavy atom. The van der Waals surface area contributed by atoms with E-state index in [9.17, 15) is 14.4 Å². The van der Waals surface area contributed by atoms with E-state index in [1.54, 1.807) is 44.3 Å². The molecule has 3 rings (SSSR count). The number of nitrogens with one attached hydrogen (secondary N) is 1. The van der Waals surface area contributed by atoms with Crippen LogP contribution in [0, 0.1) is 6.92 Å². The van der Waals surface area contributed by atoms with Crippen molar-refractivity contribution in [2.75, 3.05) is 32.7 Å². The minimum absolute atomic E-state index is 0.378. The molecule has 1 fully saturated rings. The summed E-state index contributed by atoms with van der Waals surface area (Å²) >= 11 is 0. The van der Waals surface area contributed by atoms with E-state index >= 15 is 0 Å². The average Bonchev–Trinajstić information content (AvgIpc) is 2.96. The summed E-state index contributed by atoms with van der Waals surface area (Å²) in [4.78, 5) is 40.7. The number of amides is 4. The van der Waals surface area contributed by atoms with Gasteiger partial charge in [0, 0.05) is 18.8 Å². The molecule has 30 heavy (non-hydrogen) atoms. The van der Waals surface area contributed by atoms with Crippen molar-refractivity contribution in [3.63, 3.8) is 0 Å². The number of carbonyl (C=O) groups is 3. The minimum Gasteiger partial charge on any atom is -0.493 e. The normalized spacial score (nSPS) is 18.2. The summed E-state index contributed by atoms with van der Waals surface area (Å²) in [6.07, 6.45) is 0. The van der Waals surface area contributed by atoms with Gasteiger partial charge in [0.05, 0.1) is 14.2 Å². The Labute approximate surface area is 175 Å². The van der Waals surface area contributed by atoms with Gasteiger partial charge in [0.2, 0.25) is 5.91 Å². The Kier molecular flexibility index (Phi) is 5.69. The van der Waals surface area contributed by atoms with E-state index in [0.29, 0.717) is 22.7 Å².